The molecule has 15 rings (SSSR count). The van der Waals surface area contributed by atoms with Gasteiger partial charge in [0.15, 0.2) is 28.9 Å². The van der Waals surface area contributed by atoms with E-state index in [1.54, 1.807) is 152 Å². The molecule has 0 radical (unpaired) electrons. The van der Waals surface area contributed by atoms with Gasteiger partial charge in [0.1, 0.15) is 36.9 Å². The summed E-state index contributed by atoms with van der Waals surface area (Å²) in [5, 5.41) is 1.08. The standard InChI is InChI=1S/C21H16ClN3O.C21H16FN3O.C21H19FN2O.2C20H18ClN3O/c1-3-15-5-4-6-17(9-15)21(26)11-16-7-8-19(22)20(10-16)25(2)18-12-23-14-24-13-18;1-3-15-5-4-6-17(7-15)21(26)10-16-8-18(22)11-19(9-16)25(2)20-12-23-14-24-13-20;1-15-5-3-6-17(9-15)21(25)12-16-10-18(22)13-20(11-16)24(2)19-7-4-8-23-14-19;1-14-4-3-5-16(6-14)20(25)9-15-7-17(21)10-18(8-15)24(2)19-11-22-13-23-12-19;1-14-4-3-5-16(8-14)20(25)10-15-6-7-18(21)19(9-15)24(2)17-11-22-13-23-12-17/h1,4-10,12-14H,11H2,2H3;1,4-9,11-14H,10H2,2H3;3-11,13-14H,12H2,1-2H3;3-8,10-13H,9H2,1-2H3;3-9,11-13H,10H2,1-2H3/i2D3;;;;2D3. The summed E-state index contributed by atoms with van der Waals surface area (Å²) in [5.41, 5.74) is 16.4. The Morgan fingerprint density at radius 1 is 0.323 bits per heavy atom. The Hall–Kier alpha value is -15.1. The maximum absolute atomic E-state index is 14.1. The molecule has 634 valence electrons. The fourth-order valence-corrected chi connectivity index (χ4v) is 13.6. The normalized spacial score (nSPS) is 11.3. The molecule has 0 spiro atoms. The molecule has 10 aromatic carbocycles. The summed E-state index contributed by atoms with van der Waals surface area (Å²) in [7, 11) is 5.55. The van der Waals surface area contributed by atoms with Crippen LogP contribution in [0.5, 0.6) is 0 Å². The van der Waals surface area contributed by atoms with Crippen molar-refractivity contribution in [3.05, 3.63) is 422 Å². The van der Waals surface area contributed by atoms with Gasteiger partial charge < -0.3 is 24.5 Å². The van der Waals surface area contributed by atoms with E-state index in [4.69, 9.17) is 55.9 Å². The number of terminal acetylenes is 2. The highest BCUT2D eigenvalue weighted by molar-refractivity contribution is 6.34. The molecule has 5 aromatic heterocycles. The van der Waals surface area contributed by atoms with E-state index in [-0.39, 0.29) is 93.2 Å². The van der Waals surface area contributed by atoms with Crippen LogP contribution in [0.1, 0.15) is 116 Å². The van der Waals surface area contributed by atoms with E-state index < -0.39 is 19.8 Å². The third-order valence-electron chi connectivity index (χ3n) is 19.5. The van der Waals surface area contributed by atoms with Crippen molar-refractivity contribution >= 4 is 121 Å². The van der Waals surface area contributed by atoms with Crippen LogP contribution < -0.4 is 24.5 Å². The topological polar surface area (TPSA) is 218 Å². The molecule has 0 saturated carbocycles. The van der Waals surface area contributed by atoms with E-state index in [0.717, 1.165) is 54.8 Å². The van der Waals surface area contributed by atoms with Crippen molar-refractivity contribution in [2.75, 3.05) is 59.6 Å². The number of ketones is 5. The average molecular weight is 1750 g/mol. The van der Waals surface area contributed by atoms with Crippen LogP contribution in [0.25, 0.3) is 0 Å². The minimum Gasteiger partial charge on any atom is -0.343 e. The highest BCUT2D eigenvalue weighted by Crippen LogP contribution is 2.35. The van der Waals surface area contributed by atoms with E-state index in [1.807, 2.05) is 142 Å². The predicted molar refractivity (Wildman–Crippen MR) is 502 cm³/mol. The lowest BCUT2D eigenvalue weighted by atomic mass is 10.0. The number of hydrogen-bond donors (Lipinski definition) is 0. The van der Waals surface area contributed by atoms with Gasteiger partial charge in [0.05, 0.1) is 106 Å². The summed E-state index contributed by atoms with van der Waals surface area (Å²) in [6.45, 7) is 0.810. The molecular weight excluding hydrogens is 1660 g/mol. The van der Waals surface area contributed by atoms with Crippen molar-refractivity contribution in [2.24, 2.45) is 0 Å². The van der Waals surface area contributed by atoms with Gasteiger partial charge in [-0.05, 0) is 182 Å². The van der Waals surface area contributed by atoms with Crippen LogP contribution in [0.15, 0.2) is 312 Å². The quantitative estimate of drug-likeness (QED) is 0.0384. The number of rotatable bonds is 25. The second kappa shape index (κ2) is 45.3. The Morgan fingerprint density at radius 3 is 0.961 bits per heavy atom. The Kier molecular flexibility index (Phi) is 30.0. The molecular formula is C103H87Cl3F2N14O5. The number of carbonyl (C=O) groups is 5. The summed E-state index contributed by atoms with van der Waals surface area (Å²) in [6.07, 6.45) is 32.8. The van der Waals surface area contributed by atoms with Crippen LogP contribution >= 0.6 is 34.8 Å². The fraction of sp³-hybridized carbons (Fsp3) is 0.126. The first-order valence-corrected chi connectivity index (χ1v) is 40.5. The minimum atomic E-state index is -2.53. The summed E-state index contributed by atoms with van der Waals surface area (Å²) in [5.74, 6) is 3.97. The number of anilines is 10. The number of Topliss-reactive ketones (excluding diaryl/α,β-unsaturated/α-hetero) is 5. The van der Waals surface area contributed by atoms with Crippen LogP contribution in [0, 0.1) is 57.1 Å². The van der Waals surface area contributed by atoms with E-state index in [1.165, 1.54) is 74.4 Å². The van der Waals surface area contributed by atoms with Gasteiger partial charge in [0, 0.05) is 143 Å². The SMILES string of the molecule is C#Cc1cccc(C(=O)Cc2cc(F)cc(N(C)c3cncnc3)c2)c1.Cc1cccc(C(=O)Cc2cc(Cl)cc(N(C)c3cncnc3)c2)c1.Cc1cccc(C(=O)Cc2cc(F)cc(N(C)c3cccnc3)c2)c1.[2H]C([2H])([2H])N(c1cncnc1)c1cc(CC(=O)c2cccc(C#C)c2)ccc1Cl.[2H]C([2H])([2H])N(c1cncnc1)c1cc(CC(=O)c2cccc(C)c2)ccc1Cl. The zero-order valence-corrected chi connectivity index (χ0v) is 72.1. The predicted octanol–water partition coefficient (Wildman–Crippen LogP) is 22.1. The van der Waals surface area contributed by atoms with Gasteiger partial charge in [-0.2, -0.15) is 0 Å². The number of carbonyl (C=O) groups excluding carboxylic acids is 5. The van der Waals surface area contributed by atoms with Gasteiger partial charge >= 0.3 is 0 Å². The highest BCUT2D eigenvalue weighted by atomic mass is 35.5. The number of hydrogen-bond acceptors (Lipinski definition) is 19. The van der Waals surface area contributed by atoms with Crippen molar-refractivity contribution in [1.29, 1.82) is 0 Å². The lowest BCUT2D eigenvalue weighted by molar-refractivity contribution is 0.0984. The third kappa shape index (κ3) is 26.9. The molecule has 0 fully saturated rings. The maximum atomic E-state index is 14.1. The van der Waals surface area contributed by atoms with Crippen LogP contribution in [0.2, 0.25) is 15.1 Å². The second-order valence-corrected chi connectivity index (χ2v) is 30.3. The van der Waals surface area contributed by atoms with Gasteiger partial charge in [-0.25, -0.2) is 48.7 Å². The minimum absolute atomic E-state index is 0.0238. The Morgan fingerprint density at radius 2 is 0.630 bits per heavy atom. The van der Waals surface area contributed by atoms with Crippen molar-refractivity contribution in [2.45, 2.75) is 52.9 Å². The Labute approximate surface area is 761 Å². The van der Waals surface area contributed by atoms with Gasteiger partial charge in [0.25, 0.3) is 0 Å². The first-order chi connectivity index (χ1) is 63.7. The molecule has 0 atom stereocenters. The molecule has 0 saturated heterocycles. The molecule has 15 aromatic rings. The van der Waals surface area contributed by atoms with Crippen molar-refractivity contribution < 1.29 is 41.0 Å². The number of halogens is 5. The lowest BCUT2D eigenvalue weighted by Crippen LogP contribution is -2.11. The highest BCUT2D eigenvalue weighted by Gasteiger charge is 2.20. The summed E-state index contributed by atoms with van der Waals surface area (Å²) in [6, 6.07) is 64.5. The zero-order chi connectivity index (χ0) is 95.5. The second-order valence-electron chi connectivity index (χ2n) is 29.0. The summed E-state index contributed by atoms with van der Waals surface area (Å²) in [4.78, 5) is 106. The van der Waals surface area contributed by atoms with E-state index in [0.29, 0.717) is 84.0 Å². The number of nitrogens with zero attached hydrogens (tertiary/aromatic N) is 14. The molecule has 24 heteroatoms. The number of aromatic nitrogens is 9. The molecule has 127 heavy (non-hydrogen) atoms. The van der Waals surface area contributed by atoms with Crippen LogP contribution in [0.4, 0.5) is 65.7 Å². The van der Waals surface area contributed by atoms with Crippen LogP contribution in [-0.2, 0) is 32.1 Å². The molecule has 0 N–H and O–H groups in total. The van der Waals surface area contributed by atoms with Gasteiger partial charge in [-0.15, -0.1) is 12.8 Å². The number of benzene rings is 10. The lowest BCUT2D eigenvalue weighted by Gasteiger charge is -2.20. The van der Waals surface area contributed by atoms with Crippen molar-refractivity contribution in [1.82, 2.24) is 44.9 Å². The zero-order valence-electron chi connectivity index (χ0n) is 75.8. The van der Waals surface area contributed by atoms with Gasteiger partial charge in [-0.1, -0.05) is 154 Å². The van der Waals surface area contributed by atoms with Crippen molar-refractivity contribution in [3.63, 3.8) is 0 Å². The van der Waals surface area contributed by atoms with Gasteiger partial charge in [-0.3, -0.25) is 29.0 Å². The molecule has 0 aliphatic heterocycles. The Balaban J connectivity index is 0.000000160. The fourth-order valence-electron chi connectivity index (χ4n) is 12.9. The third-order valence-corrected chi connectivity index (χ3v) is 20.4. The van der Waals surface area contributed by atoms with Crippen LogP contribution in [-0.4, -0.2) is 109 Å². The maximum Gasteiger partial charge on any atom is 0.167 e. The molecule has 0 unspecified atom stereocenters. The number of pyridine rings is 1. The molecule has 0 amide bonds. The van der Waals surface area contributed by atoms with E-state index in [9.17, 15) is 32.8 Å². The largest absolute Gasteiger partial charge is 0.343 e. The van der Waals surface area contributed by atoms with Gasteiger partial charge in [0.2, 0.25) is 0 Å². The molecule has 0 aliphatic rings. The van der Waals surface area contributed by atoms with Crippen LogP contribution in [0.3, 0.4) is 0 Å². The number of aryl methyl sites for hydroxylation is 3. The first-order valence-electron chi connectivity index (χ1n) is 42.3. The van der Waals surface area contributed by atoms with E-state index in [2.05, 4.69) is 56.7 Å². The molecule has 0 aliphatic carbocycles. The van der Waals surface area contributed by atoms with Crippen molar-refractivity contribution in [3.8, 4) is 24.7 Å². The van der Waals surface area contributed by atoms with E-state index >= 15 is 0 Å². The molecule has 0 bridgehead atoms. The molecule has 19 nitrogen and oxygen atoms in total. The molecule has 5 heterocycles. The first kappa shape index (κ1) is 84.1. The monoisotopic (exact) mass is 1750 g/mol. The summed E-state index contributed by atoms with van der Waals surface area (Å²) >= 11 is 18.9. The summed E-state index contributed by atoms with van der Waals surface area (Å²) < 4.78 is 75.6. The Bertz CT molecular complexity index is 6560. The average Bonchev–Trinajstić information content (AvgIpc) is 0.788. The smallest absolute Gasteiger partial charge is 0.167 e.